The Morgan fingerprint density at radius 3 is 2.67 bits per heavy atom. The molecule has 4 rings (SSSR count). The molecule has 0 radical (unpaired) electrons. The molecule has 3 aromatic rings. The highest BCUT2D eigenvalue weighted by Gasteiger charge is 2.32. The molecule has 2 aromatic carbocycles. The van der Waals surface area contributed by atoms with E-state index < -0.39 is 22.2 Å². The van der Waals surface area contributed by atoms with E-state index in [-0.39, 0.29) is 43.7 Å². The molecule has 11 heteroatoms. The number of hydrogen-bond donors (Lipinski definition) is 2. The van der Waals surface area contributed by atoms with E-state index in [2.05, 4.69) is 5.32 Å². The molecular weight excluding hydrogens is 532 g/mol. The first-order valence-electron chi connectivity index (χ1n) is 13.3. The van der Waals surface area contributed by atoms with E-state index in [1.807, 2.05) is 49.0 Å². The van der Waals surface area contributed by atoms with E-state index >= 15 is 0 Å². The summed E-state index contributed by atoms with van der Waals surface area (Å²) >= 11 is 0. The second-order valence-corrected chi connectivity index (χ2v) is 12.9. The molecule has 0 fully saturated rings. The molecule has 0 aliphatic carbocycles. The molecular formula is C29H38N4O6S. The molecule has 1 aliphatic heterocycles. The summed E-state index contributed by atoms with van der Waals surface area (Å²) < 4.78 is 33.8. The van der Waals surface area contributed by atoms with Crippen molar-refractivity contribution in [2.75, 3.05) is 38.3 Å². The van der Waals surface area contributed by atoms with Crippen LogP contribution < -0.4 is 10.1 Å². The summed E-state index contributed by atoms with van der Waals surface area (Å²) in [6, 6.07) is 12.6. The number of fused-ring (bicyclic) bond motifs is 2. The number of amides is 2. The zero-order valence-electron chi connectivity index (χ0n) is 23.6. The molecule has 1 aromatic heterocycles. The average Bonchev–Trinajstić information content (AvgIpc) is 3.22. The Morgan fingerprint density at radius 2 is 1.98 bits per heavy atom. The maximum atomic E-state index is 13.4. The monoisotopic (exact) mass is 570 g/mol. The van der Waals surface area contributed by atoms with Gasteiger partial charge in [-0.05, 0) is 36.8 Å². The average molecular weight is 571 g/mol. The van der Waals surface area contributed by atoms with Crippen LogP contribution in [0.2, 0.25) is 0 Å². The number of aryl methyl sites for hydroxylation is 1. The summed E-state index contributed by atoms with van der Waals surface area (Å²) in [5.41, 5.74) is 3.06. The standard InChI is InChI=1S/C29H38N4O6S/c1-19-15-33(20(2)18-34)29(36)14-21-12-23(10-11-26(21)39-27(19)17-32(4)40(5,37)38)30-28(35)13-22-16-31(3)25-9-7-6-8-24(22)25/h6-12,16,19-20,27,34H,13-15,17-18H2,1-5H3,(H,30,35)/t19-,20+,27+/m1/s1. The van der Waals surface area contributed by atoms with Gasteiger partial charge in [-0.2, -0.15) is 0 Å². The quantitative estimate of drug-likeness (QED) is 0.429. The van der Waals surface area contributed by atoms with Gasteiger partial charge in [-0.25, -0.2) is 12.7 Å². The first-order valence-corrected chi connectivity index (χ1v) is 15.2. The minimum Gasteiger partial charge on any atom is -0.488 e. The van der Waals surface area contributed by atoms with E-state index in [1.165, 1.54) is 11.4 Å². The zero-order valence-corrected chi connectivity index (χ0v) is 24.4. The number of aliphatic hydroxyl groups is 1. The third kappa shape index (κ3) is 6.65. The Bertz CT molecular complexity index is 1500. The third-order valence-electron chi connectivity index (χ3n) is 7.53. The number of hydrogen-bond acceptors (Lipinski definition) is 6. The smallest absolute Gasteiger partial charge is 0.228 e. The van der Waals surface area contributed by atoms with Gasteiger partial charge in [0, 0.05) is 54.9 Å². The fraction of sp³-hybridized carbons (Fsp3) is 0.448. The summed E-state index contributed by atoms with van der Waals surface area (Å²) in [6.07, 6.45) is 2.73. The van der Waals surface area contributed by atoms with Crippen molar-refractivity contribution in [3.05, 3.63) is 59.8 Å². The predicted molar refractivity (Wildman–Crippen MR) is 155 cm³/mol. The SMILES string of the molecule is C[C@@H]1CN([C@@H](C)CO)C(=O)Cc2cc(NC(=O)Cc3cn(C)c4ccccc34)ccc2O[C@H]1CN(C)S(C)(=O)=O. The fourth-order valence-electron chi connectivity index (χ4n) is 5.06. The lowest BCUT2D eigenvalue weighted by molar-refractivity contribution is -0.134. The van der Waals surface area contributed by atoms with E-state index in [0.717, 1.165) is 22.7 Å². The largest absolute Gasteiger partial charge is 0.488 e. The first-order chi connectivity index (χ1) is 18.9. The number of aromatic nitrogens is 1. The minimum absolute atomic E-state index is 0.00800. The number of carbonyl (C=O) groups is 2. The van der Waals surface area contributed by atoms with Gasteiger partial charge in [0.2, 0.25) is 21.8 Å². The molecule has 10 nitrogen and oxygen atoms in total. The van der Waals surface area contributed by atoms with Gasteiger partial charge < -0.3 is 24.6 Å². The number of rotatable bonds is 8. The predicted octanol–water partition coefficient (Wildman–Crippen LogP) is 2.40. The van der Waals surface area contributed by atoms with Crippen molar-refractivity contribution in [3.63, 3.8) is 0 Å². The minimum atomic E-state index is -3.45. The van der Waals surface area contributed by atoms with Gasteiger partial charge >= 0.3 is 0 Å². The molecule has 0 spiro atoms. The van der Waals surface area contributed by atoms with Crippen LogP contribution >= 0.6 is 0 Å². The molecule has 3 atom stereocenters. The van der Waals surface area contributed by atoms with E-state index in [0.29, 0.717) is 23.5 Å². The van der Waals surface area contributed by atoms with E-state index in [9.17, 15) is 23.1 Å². The van der Waals surface area contributed by atoms with Gasteiger partial charge in [0.05, 0.1) is 38.3 Å². The number of anilines is 1. The molecule has 40 heavy (non-hydrogen) atoms. The van der Waals surface area contributed by atoms with Gasteiger partial charge in [-0.3, -0.25) is 9.59 Å². The van der Waals surface area contributed by atoms with Crippen molar-refractivity contribution in [3.8, 4) is 5.75 Å². The molecule has 0 unspecified atom stereocenters. The van der Waals surface area contributed by atoms with E-state index in [1.54, 1.807) is 30.0 Å². The Hall–Kier alpha value is -3.41. The van der Waals surface area contributed by atoms with Crippen molar-refractivity contribution >= 4 is 38.4 Å². The number of benzene rings is 2. The lowest BCUT2D eigenvalue weighted by Gasteiger charge is -2.33. The van der Waals surface area contributed by atoms with Crippen LogP contribution in [0.15, 0.2) is 48.7 Å². The van der Waals surface area contributed by atoms with Crippen molar-refractivity contribution in [2.45, 2.75) is 38.8 Å². The summed E-state index contributed by atoms with van der Waals surface area (Å²) in [4.78, 5) is 28.0. The van der Waals surface area contributed by atoms with Crippen LogP contribution in [-0.2, 0) is 39.5 Å². The van der Waals surface area contributed by atoms with Gasteiger partial charge in [0.25, 0.3) is 0 Å². The number of nitrogens with one attached hydrogen (secondary N) is 1. The summed E-state index contributed by atoms with van der Waals surface area (Å²) in [7, 11) is -0.0146. The normalized spacial score (nSPS) is 19.0. The molecule has 2 N–H and O–H groups in total. The maximum absolute atomic E-state index is 13.4. The zero-order chi connectivity index (χ0) is 29.2. The van der Waals surface area contributed by atoms with Crippen molar-refractivity contribution in [1.29, 1.82) is 0 Å². The lowest BCUT2D eigenvalue weighted by atomic mass is 10.0. The molecule has 0 saturated carbocycles. The number of nitrogens with zero attached hydrogens (tertiary/aromatic N) is 3. The van der Waals surface area contributed by atoms with Crippen molar-refractivity contribution < 1.29 is 27.9 Å². The summed E-state index contributed by atoms with van der Waals surface area (Å²) in [5, 5.41) is 13.8. The van der Waals surface area contributed by atoms with Crippen molar-refractivity contribution in [1.82, 2.24) is 13.8 Å². The lowest BCUT2D eigenvalue weighted by Crippen LogP contribution is -2.48. The van der Waals surface area contributed by atoms with Crippen LogP contribution in [-0.4, -0.2) is 84.3 Å². The highest BCUT2D eigenvalue weighted by Crippen LogP contribution is 2.30. The highest BCUT2D eigenvalue weighted by molar-refractivity contribution is 7.88. The maximum Gasteiger partial charge on any atom is 0.228 e. The van der Waals surface area contributed by atoms with Gasteiger partial charge in [-0.1, -0.05) is 25.1 Å². The molecule has 1 aliphatic rings. The number of aliphatic hydroxyl groups excluding tert-OH is 1. The van der Waals surface area contributed by atoms with Crippen LogP contribution in [0.1, 0.15) is 25.0 Å². The number of ether oxygens (including phenoxy) is 1. The Balaban J connectivity index is 1.61. The van der Waals surface area contributed by atoms with Gasteiger partial charge in [-0.15, -0.1) is 0 Å². The second kappa shape index (κ2) is 12.0. The first kappa shape index (κ1) is 29.6. The number of sulfonamides is 1. The van der Waals surface area contributed by atoms with Crippen LogP contribution in [0, 0.1) is 5.92 Å². The summed E-state index contributed by atoms with van der Waals surface area (Å²) in [5.74, 6) is -0.149. The van der Waals surface area contributed by atoms with Crippen LogP contribution in [0.5, 0.6) is 5.75 Å². The number of likely N-dealkylation sites (N-methyl/N-ethyl adjacent to an activating group) is 1. The van der Waals surface area contributed by atoms with Gasteiger partial charge in [0.15, 0.2) is 0 Å². The third-order valence-corrected chi connectivity index (χ3v) is 8.82. The van der Waals surface area contributed by atoms with E-state index in [4.69, 9.17) is 4.74 Å². The Morgan fingerprint density at radius 1 is 1.25 bits per heavy atom. The highest BCUT2D eigenvalue weighted by atomic mass is 32.2. The molecule has 2 heterocycles. The molecule has 2 amide bonds. The summed E-state index contributed by atoms with van der Waals surface area (Å²) in [6.45, 7) is 3.86. The van der Waals surface area contributed by atoms with Crippen LogP contribution in [0.4, 0.5) is 5.69 Å². The number of para-hydroxylation sites is 1. The number of carbonyl (C=O) groups excluding carboxylic acids is 2. The van der Waals surface area contributed by atoms with Crippen LogP contribution in [0.3, 0.4) is 0 Å². The molecule has 216 valence electrons. The Kier molecular flexibility index (Phi) is 8.86. The van der Waals surface area contributed by atoms with Crippen molar-refractivity contribution in [2.24, 2.45) is 13.0 Å². The second-order valence-electron chi connectivity index (χ2n) is 10.8. The fourth-order valence-corrected chi connectivity index (χ4v) is 5.48. The Labute approximate surface area is 235 Å². The van der Waals surface area contributed by atoms with Crippen LogP contribution in [0.25, 0.3) is 10.9 Å². The van der Waals surface area contributed by atoms with Gasteiger partial charge in [0.1, 0.15) is 11.9 Å². The topological polar surface area (TPSA) is 121 Å². The molecule has 0 bridgehead atoms. The molecule has 0 saturated heterocycles.